The Bertz CT molecular complexity index is 551. The average molecular weight is 275 g/mol. The minimum atomic E-state index is -0.324. The summed E-state index contributed by atoms with van der Waals surface area (Å²) in [6, 6.07) is 10.1. The monoisotopic (exact) mass is 275 g/mol. The molecule has 0 fully saturated rings. The summed E-state index contributed by atoms with van der Waals surface area (Å²) in [5.74, 6) is 0.504. The van der Waals surface area contributed by atoms with Crippen molar-refractivity contribution >= 4 is 5.78 Å². The van der Waals surface area contributed by atoms with Gasteiger partial charge in [-0.05, 0) is 30.3 Å². The standard InChI is InChI=1S/C16H18FNO2/c1-2-18(12-15-7-5-9-20-15)11-14(19)10-13-6-3-4-8-16(13)17/h3-9H,2,10-12H2,1H3. The lowest BCUT2D eigenvalue weighted by atomic mass is 10.1. The van der Waals surface area contributed by atoms with E-state index in [2.05, 4.69) is 0 Å². The van der Waals surface area contributed by atoms with Gasteiger partial charge >= 0.3 is 0 Å². The van der Waals surface area contributed by atoms with Crippen molar-refractivity contribution in [1.29, 1.82) is 0 Å². The first kappa shape index (κ1) is 14.5. The molecule has 1 aromatic heterocycles. The van der Waals surface area contributed by atoms with Gasteiger partial charge in [-0.15, -0.1) is 0 Å². The van der Waals surface area contributed by atoms with Crippen LogP contribution in [0.3, 0.4) is 0 Å². The number of furan rings is 1. The zero-order chi connectivity index (χ0) is 14.4. The Morgan fingerprint density at radius 2 is 2.05 bits per heavy atom. The van der Waals surface area contributed by atoms with E-state index in [1.807, 2.05) is 24.0 Å². The first-order valence-electron chi connectivity index (χ1n) is 6.69. The van der Waals surface area contributed by atoms with Gasteiger partial charge in [-0.3, -0.25) is 9.69 Å². The van der Waals surface area contributed by atoms with Crippen LogP contribution in [0.4, 0.5) is 4.39 Å². The molecule has 0 aliphatic carbocycles. The van der Waals surface area contributed by atoms with Crippen molar-refractivity contribution < 1.29 is 13.6 Å². The van der Waals surface area contributed by atoms with Crippen LogP contribution in [-0.2, 0) is 17.8 Å². The molecule has 0 aliphatic heterocycles. The molecular weight excluding hydrogens is 257 g/mol. The van der Waals surface area contributed by atoms with Crippen LogP contribution < -0.4 is 0 Å². The molecule has 0 bridgehead atoms. The molecule has 20 heavy (non-hydrogen) atoms. The van der Waals surface area contributed by atoms with E-state index >= 15 is 0 Å². The first-order chi connectivity index (χ1) is 9.69. The van der Waals surface area contributed by atoms with E-state index in [9.17, 15) is 9.18 Å². The first-order valence-corrected chi connectivity index (χ1v) is 6.69. The average Bonchev–Trinajstić information content (AvgIpc) is 2.93. The largest absolute Gasteiger partial charge is 0.468 e. The number of carbonyl (C=O) groups excluding carboxylic acids is 1. The third kappa shape index (κ3) is 4.03. The van der Waals surface area contributed by atoms with E-state index in [1.54, 1.807) is 24.5 Å². The fourth-order valence-corrected chi connectivity index (χ4v) is 2.06. The maximum atomic E-state index is 13.5. The molecule has 1 aromatic carbocycles. The van der Waals surface area contributed by atoms with Crippen molar-refractivity contribution in [1.82, 2.24) is 4.90 Å². The van der Waals surface area contributed by atoms with Gasteiger partial charge in [0.15, 0.2) is 5.78 Å². The molecule has 3 nitrogen and oxygen atoms in total. The summed E-state index contributed by atoms with van der Waals surface area (Å²) in [6.45, 7) is 3.61. The van der Waals surface area contributed by atoms with Crippen LogP contribution in [0.25, 0.3) is 0 Å². The van der Waals surface area contributed by atoms with E-state index in [4.69, 9.17) is 4.42 Å². The fourth-order valence-electron chi connectivity index (χ4n) is 2.06. The second kappa shape index (κ2) is 7.01. The summed E-state index contributed by atoms with van der Waals surface area (Å²) in [5, 5.41) is 0. The van der Waals surface area contributed by atoms with Crippen molar-refractivity contribution in [2.24, 2.45) is 0 Å². The lowest BCUT2D eigenvalue weighted by Gasteiger charge is -2.18. The maximum absolute atomic E-state index is 13.5. The van der Waals surface area contributed by atoms with E-state index in [-0.39, 0.29) is 18.0 Å². The quantitative estimate of drug-likeness (QED) is 0.778. The number of benzene rings is 1. The molecule has 0 spiro atoms. The van der Waals surface area contributed by atoms with E-state index in [1.165, 1.54) is 6.07 Å². The summed E-state index contributed by atoms with van der Waals surface area (Å²) in [6.07, 6.45) is 1.74. The highest BCUT2D eigenvalue weighted by atomic mass is 19.1. The van der Waals surface area contributed by atoms with E-state index in [0.717, 1.165) is 12.3 Å². The van der Waals surface area contributed by atoms with Crippen molar-refractivity contribution in [2.45, 2.75) is 19.9 Å². The molecule has 0 radical (unpaired) electrons. The van der Waals surface area contributed by atoms with Gasteiger partial charge < -0.3 is 4.42 Å². The molecule has 1 heterocycles. The zero-order valence-corrected chi connectivity index (χ0v) is 11.5. The lowest BCUT2D eigenvalue weighted by Crippen LogP contribution is -2.30. The number of Topliss-reactive ketones (excluding diaryl/α,β-unsaturated/α-hetero) is 1. The lowest BCUT2D eigenvalue weighted by molar-refractivity contribution is -0.119. The Hall–Kier alpha value is -1.94. The van der Waals surface area contributed by atoms with Crippen LogP contribution in [0.1, 0.15) is 18.2 Å². The molecule has 0 saturated heterocycles. The molecule has 0 saturated carbocycles. The number of ketones is 1. The Morgan fingerprint density at radius 3 is 2.70 bits per heavy atom. The number of likely N-dealkylation sites (N-methyl/N-ethyl adjacent to an activating group) is 1. The Balaban J connectivity index is 1.91. The van der Waals surface area contributed by atoms with Gasteiger partial charge in [0, 0.05) is 6.42 Å². The van der Waals surface area contributed by atoms with Gasteiger partial charge in [-0.1, -0.05) is 25.1 Å². The molecule has 0 unspecified atom stereocenters. The minimum Gasteiger partial charge on any atom is -0.468 e. The maximum Gasteiger partial charge on any atom is 0.151 e. The predicted octanol–water partition coefficient (Wildman–Crippen LogP) is 3.05. The SMILES string of the molecule is CCN(CC(=O)Cc1ccccc1F)Cc1ccco1. The van der Waals surface area contributed by atoms with Gasteiger partial charge in [0.25, 0.3) is 0 Å². The Labute approximate surface area is 118 Å². The van der Waals surface area contributed by atoms with Crippen molar-refractivity contribution in [2.75, 3.05) is 13.1 Å². The zero-order valence-electron chi connectivity index (χ0n) is 11.5. The number of carbonyl (C=O) groups is 1. The molecule has 0 amide bonds. The number of rotatable bonds is 7. The van der Waals surface area contributed by atoms with Gasteiger partial charge in [0.05, 0.1) is 19.4 Å². The summed E-state index contributed by atoms with van der Waals surface area (Å²) < 4.78 is 18.8. The number of halogens is 1. The molecule has 4 heteroatoms. The Kier molecular flexibility index (Phi) is 5.07. The number of nitrogens with zero attached hydrogens (tertiary/aromatic N) is 1. The third-order valence-electron chi connectivity index (χ3n) is 3.15. The normalized spacial score (nSPS) is 10.9. The highest BCUT2D eigenvalue weighted by Crippen LogP contribution is 2.09. The van der Waals surface area contributed by atoms with Gasteiger partial charge in [-0.25, -0.2) is 4.39 Å². The van der Waals surface area contributed by atoms with Crippen molar-refractivity contribution in [3.63, 3.8) is 0 Å². The second-order valence-corrected chi connectivity index (χ2v) is 4.69. The third-order valence-corrected chi connectivity index (χ3v) is 3.15. The predicted molar refractivity (Wildman–Crippen MR) is 74.8 cm³/mol. The summed E-state index contributed by atoms with van der Waals surface area (Å²) >= 11 is 0. The Morgan fingerprint density at radius 1 is 1.25 bits per heavy atom. The molecule has 0 N–H and O–H groups in total. The minimum absolute atomic E-state index is 0.00325. The highest BCUT2D eigenvalue weighted by Gasteiger charge is 2.13. The molecular formula is C16H18FNO2. The van der Waals surface area contributed by atoms with Crippen LogP contribution in [0, 0.1) is 5.82 Å². The van der Waals surface area contributed by atoms with Crippen LogP contribution in [-0.4, -0.2) is 23.8 Å². The summed E-state index contributed by atoms with van der Waals surface area (Å²) in [7, 11) is 0. The van der Waals surface area contributed by atoms with Crippen molar-refractivity contribution in [3.05, 3.63) is 59.8 Å². The number of hydrogen-bond donors (Lipinski definition) is 0. The van der Waals surface area contributed by atoms with Crippen molar-refractivity contribution in [3.8, 4) is 0 Å². The summed E-state index contributed by atoms with van der Waals surface area (Å²) in [4.78, 5) is 14.0. The number of hydrogen-bond acceptors (Lipinski definition) is 3. The second-order valence-electron chi connectivity index (χ2n) is 4.69. The molecule has 0 aliphatic rings. The van der Waals surface area contributed by atoms with Gasteiger partial charge in [0.2, 0.25) is 0 Å². The molecule has 2 aromatic rings. The van der Waals surface area contributed by atoms with Gasteiger partial charge in [0.1, 0.15) is 11.6 Å². The topological polar surface area (TPSA) is 33.5 Å². The smallest absolute Gasteiger partial charge is 0.151 e. The van der Waals surface area contributed by atoms with Crippen LogP contribution in [0.15, 0.2) is 47.1 Å². The van der Waals surface area contributed by atoms with Crippen LogP contribution in [0.2, 0.25) is 0 Å². The van der Waals surface area contributed by atoms with Crippen LogP contribution >= 0.6 is 0 Å². The van der Waals surface area contributed by atoms with Gasteiger partial charge in [-0.2, -0.15) is 0 Å². The molecule has 0 atom stereocenters. The molecule has 2 rings (SSSR count). The highest BCUT2D eigenvalue weighted by molar-refractivity contribution is 5.82. The van der Waals surface area contributed by atoms with E-state index < -0.39 is 0 Å². The van der Waals surface area contributed by atoms with Crippen LogP contribution in [0.5, 0.6) is 0 Å². The summed E-state index contributed by atoms with van der Waals surface area (Å²) in [5.41, 5.74) is 0.451. The fraction of sp³-hybridized carbons (Fsp3) is 0.312. The molecule has 106 valence electrons. The van der Waals surface area contributed by atoms with E-state index in [0.29, 0.717) is 18.7 Å².